The van der Waals surface area contributed by atoms with Gasteiger partial charge in [0.25, 0.3) is 0 Å². The lowest BCUT2D eigenvalue weighted by Gasteiger charge is -2.22. The molecule has 0 aliphatic heterocycles. The van der Waals surface area contributed by atoms with Crippen molar-refractivity contribution < 1.29 is 0 Å². The summed E-state index contributed by atoms with van der Waals surface area (Å²) in [5.74, 6) is 0.919. The van der Waals surface area contributed by atoms with E-state index in [0.29, 0.717) is 6.04 Å². The molecule has 1 saturated carbocycles. The molecule has 1 aromatic rings. The van der Waals surface area contributed by atoms with Crippen molar-refractivity contribution in [3.05, 3.63) is 17.8 Å². The van der Waals surface area contributed by atoms with Gasteiger partial charge in [-0.2, -0.15) is 5.10 Å². The van der Waals surface area contributed by atoms with Crippen LogP contribution in [0.2, 0.25) is 0 Å². The van der Waals surface area contributed by atoms with Gasteiger partial charge < -0.3 is 5.32 Å². The van der Waals surface area contributed by atoms with Gasteiger partial charge in [0.1, 0.15) is 5.82 Å². The predicted octanol–water partition coefficient (Wildman–Crippen LogP) is 2.53. The van der Waals surface area contributed by atoms with Gasteiger partial charge in [0, 0.05) is 6.04 Å². The summed E-state index contributed by atoms with van der Waals surface area (Å²) in [5, 5.41) is 11.6. The summed E-state index contributed by atoms with van der Waals surface area (Å²) in [5.41, 5.74) is 0.971. The van der Waals surface area contributed by atoms with Gasteiger partial charge in [-0.15, -0.1) is 5.10 Å². The van der Waals surface area contributed by atoms with Crippen LogP contribution in [0.25, 0.3) is 0 Å². The molecule has 76 valence electrons. The average molecular weight is 191 g/mol. The molecule has 0 radical (unpaired) electrons. The smallest absolute Gasteiger partial charge is 0.148 e. The van der Waals surface area contributed by atoms with Crippen LogP contribution in [-0.4, -0.2) is 16.2 Å². The van der Waals surface area contributed by atoms with Crippen molar-refractivity contribution in [1.29, 1.82) is 0 Å². The van der Waals surface area contributed by atoms with Gasteiger partial charge in [-0.05, 0) is 31.9 Å². The van der Waals surface area contributed by atoms with Crippen molar-refractivity contribution in [3.63, 3.8) is 0 Å². The maximum Gasteiger partial charge on any atom is 0.148 e. The molecule has 0 amide bonds. The highest BCUT2D eigenvalue weighted by Gasteiger charge is 2.13. The number of nitrogens with zero attached hydrogens (tertiary/aromatic N) is 2. The van der Waals surface area contributed by atoms with Crippen molar-refractivity contribution in [2.45, 2.75) is 45.1 Å². The van der Waals surface area contributed by atoms with Crippen molar-refractivity contribution in [1.82, 2.24) is 10.2 Å². The van der Waals surface area contributed by atoms with Gasteiger partial charge in [0.05, 0.1) is 5.69 Å². The van der Waals surface area contributed by atoms with Crippen LogP contribution in [0.1, 0.15) is 37.8 Å². The fourth-order valence-electron chi connectivity index (χ4n) is 1.93. The molecule has 14 heavy (non-hydrogen) atoms. The Morgan fingerprint density at radius 2 is 1.93 bits per heavy atom. The van der Waals surface area contributed by atoms with Crippen molar-refractivity contribution >= 4 is 5.82 Å². The van der Waals surface area contributed by atoms with Gasteiger partial charge in [-0.25, -0.2) is 0 Å². The molecule has 2 rings (SSSR count). The second-order valence-electron chi connectivity index (χ2n) is 4.04. The van der Waals surface area contributed by atoms with Crippen LogP contribution in [-0.2, 0) is 0 Å². The normalized spacial score (nSPS) is 18.1. The van der Waals surface area contributed by atoms with Crippen LogP contribution in [0.5, 0.6) is 0 Å². The zero-order chi connectivity index (χ0) is 9.80. The minimum absolute atomic E-state index is 0.612. The maximum absolute atomic E-state index is 4.11. The fraction of sp³-hybridized carbons (Fsp3) is 0.636. The Hall–Kier alpha value is -1.12. The Kier molecular flexibility index (Phi) is 2.96. The third kappa shape index (κ3) is 2.44. The van der Waals surface area contributed by atoms with Crippen LogP contribution in [0, 0.1) is 6.92 Å². The number of rotatable bonds is 2. The van der Waals surface area contributed by atoms with E-state index in [2.05, 4.69) is 15.5 Å². The van der Waals surface area contributed by atoms with Gasteiger partial charge in [0.15, 0.2) is 0 Å². The molecule has 0 saturated heterocycles. The number of hydrogen-bond donors (Lipinski definition) is 1. The van der Waals surface area contributed by atoms with E-state index in [1.807, 2.05) is 19.1 Å². The van der Waals surface area contributed by atoms with Gasteiger partial charge in [-0.3, -0.25) is 0 Å². The summed E-state index contributed by atoms with van der Waals surface area (Å²) in [4.78, 5) is 0. The SMILES string of the molecule is Cc1ccc(NC2CCCCC2)nn1. The topological polar surface area (TPSA) is 37.8 Å². The fourth-order valence-corrected chi connectivity index (χ4v) is 1.93. The summed E-state index contributed by atoms with van der Waals surface area (Å²) in [6, 6.07) is 4.62. The number of nitrogens with one attached hydrogen (secondary N) is 1. The minimum Gasteiger partial charge on any atom is -0.366 e. The third-order valence-electron chi connectivity index (χ3n) is 2.76. The summed E-state index contributed by atoms with van der Waals surface area (Å²) in [6.07, 6.45) is 6.62. The zero-order valence-corrected chi connectivity index (χ0v) is 8.66. The lowest BCUT2D eigenvalue weighted by molar-refractivity contribution is 0.461. The Morgan fingerprint density at radius 3 is 2.57 bits per heavy atom. The van der Waals surface area contributed by atoms with E-state index in [-0.39, 0.29) is 0 Å². The molecule has 1 aliphatic rings. The minimum atomic E-state index is 0.612. The van der Waals surface area contributed by atoms with E-state index in [1.54, 1.807) is 0 Å². The van der Waals surface area contributed by atoms with E-state index in [1.165, 1.54) is 32.1 Å². The predicted molar refractivity (Wildman–Crippen MR) is 57.3 cm³/mol. The van der Waals surface area contributed by atoms with Crippen LogP contribution in [0.15, 0.2) is 12.1 Å². The monoisotopic (exact) mass is 191 g/mol. The van der Waals surface area contributed by atoms with Crippen LogP contribution >= 0.6 is 0 Å². The first-order chi connectivity index (χ1) is 6.84. The van der Waals surface area contributed by atoms with Crippen molar-refractivity contribution in [2.75, 3.05) is 5.32 Å². The first-order valence-electron chi connectivity index (χ1n) is 5.41. The Labute approximate surface area is 84.9 Å². The Bertz CT molecular complexity index is 275. The molecule has 1 aliphatic carbocycles. The van der Waals surface area contributed by atoms with E-state index in [9.17, 15) is 0 Å². The summed E-state index contributed by atoms with van der Waals surface area (Å²) in [7, 11) is 0. The summed E-state index contributed by atoms with van der Waals surface area (Å²) < 4.78 is 0. The number of aromatic nitrogens is 2. The highest BCUT2D eigenvalue weighted by Crippen LogP contribution is 2.20. The number of aryl methyl sites for hydroxylation is 1. The quantitative estimate of drug-likeness (QED) is 0.780. The Balaban J connectivity index is 1.92. The maximum atomic E-state index is 4.11. The number of hydrogen-bond acceptors (Lipinski definition) is 3. The second-order valence-corrected chi connectivity index (χ2v) is 4.04. The lowest BCUT2D eigenvalue weighted by atomic mass is 9.95. The van der Waals surface area contributed by atoms with E-state index < -0.39 is 0 Å². The molecule has 1 heterocycles. The van der Waals surface area contributed by atoms with E-state index in [0.717, 1.165) is 11.5 Å². The Morgan fingerprint density at radius 1 is 1.14 bits per heavy atom. The highest BCUT2D eigenvalue weighted by atomic mass is 15.2. The van der Waals surface area contributed by atoms with E-state index in [4.69, 9.17) is 0 Å². The van der Waals surface area contributed by atoms with Crippen molar-refractivity contribution in [2.24, 2.45) is 0 Å². The van der Waals surface area contributed by atoms with Gasteiger partial charge >= 0.3 is 0 Å². The summed E-state index contributed by atoms with van der Waals surface area (Å²) in [6.45, 7) is 1.96. The standard InChI is InChI=1S/C11H17N3/c1-9-7-8-11(14-13-9)12-10-5-3-2-4-6-10/h7-8,10H,2-6H2,1H3,(H,12,14). The first kappa shape index (κ1) is 9.44. The van der Waals surface area contributed by atoms with Gasteiger partial charge in [0.2, 0.25) is 0 Å². The zero-order valence-electron chi connectivity index (χ0n) is 8.66. The second kappa shape index (κ2) is 4.40. The highest BCUT2D eigenvalue weighted by molar-refractivity contribution is 5.34. The van der Waals surface area contributed by atoms with Crippen LogP contribution in [0.3, 0.4) is 0 Å². The van der Waals surface area contributed by atoms with E-state index >= 15 is 0 Å². The molecular formula is C11H17N3. The molecular weight excluding hydrogens is 174 g/mol. The molecule has 0 spiro atoms. The molecule has 0 aromatic carbocycles. The molecule has 3 nitrogen and oxygen atoms in total. The molecule has 0 unspecified atom stereocenters. The average Bonchev–Trinajstić information content (AvgIpc) is 2.23. The first-order valence-corrected chi connectivity index (χ1v) is 5.41. The largest absolute Gasteiger partial charge is 0.366 e. The molecule has 1 fully saturated rings. The van der Waals surface area contributed by atoms with Crippen LogP contribution in [0.4, 0.5) is 5.82 Å². The number of anilines is 1. The van der Waals surface area contributed by atoms with Gasteiger partial charge in [-0.1, -0.05) is 19.3 Å². The molecule has 0 bridgehead atoms. The van der Waals surface area contributed by atoms with Crippen LogP contribution < -0.4 is 5.32 Å². The molecule has 0 atom stereocenters. The third-order valence-corrected chi connectivity index (χ3v) is 2.76. The molecule has 1 N–H and O–H groups in total. The lowest BCUT2D eigenvalue weighted by Crippen LogP contribution is -2.22. The molecule has 3 heteroatoms. The molecule has 1 aromatic heterocycles. The summed E-state index contributed by atoms with van der Waals surface area (Å²) >= 11 is 0. The van der Waals surface area contributed by atoms with Crippen molar-refractivity contribution in [3.8, 4) is 0 Å².